The molecule has 0 aromatic rings. The van der Waals surface area contributed by atoms with Crippen molar-refractivity contribution in [3.05, 3.63) is 0 Å². The molecule has 1 fully saturated rings. The highest BCUT2D eigenvalue weighted by atomic mass is 16.6. The van der Waals surface area contributed by atoms with Crippen molar-refractivity contribution in [2.45, 2.75) is 39.2 Å². The van der Waals surface area contributed by atoms with Gasteiger partial charge in [0.1, 0.15) is 5.60 Å². The molecule has 0 radical (unpaired) electrons. The van der Waals surface area contributed by atoms with E-state index in [4.69, 9.17) is 9.84 Å². The zero-order valence-electron chi connectivity index (χ0n) is 11.9. The lowest BCUT2D eigenvalue weighted by atomic mass is 9.97. The number of carbonyl (C=O) groups is 2. The van der Waals surface area contributed by atoms with E-state index >= 15 is 0 Å². The highest BCUT2D eigenvalue weighted by Gasteiger charge is 2.26. The van der Waals surface area contributed by atoms with Crippen LogP contribution in [0.3, 0.4) is 0 Å². The van der Waals surface area contributed by atoms with E-state index in [1.165, 1.54) is 0 Å². The summed E-state index contributed by atoms with van der Waals surface area (Å²) in [6.07, 6.45) is 1.50. The van der Waals surface area contributed by atoms with Gasteiger partial charge in [-0.15, -0.1) is 0 Å². The van der Waals surface area contributed by atoms with Gasteiger partial charge < -0.3 is 20.1 Å². The number of aliphatic carboxylic acids is 1. The third-order valence-corrected chi connectivity index (χ3v) is 2.98. The van der Waals surface area contributed by atoms with E-state index in [0.29, 0.717) is 25.6 Å². The fraction of sp³-hybridized carbons (Fsp3) is 0.846. The zero-order chi connectivity index (χ0) is 14.5. The number of rotatable bonds is 4. The molecule has 1 rings (SSSR count). The summed E-state index contributed by atoms with van der Waals surface area (Å²) in [6.45, 7) is 7.60. The van der Waals surface area contributed by atoms with Crippen molar-refractivity contribution in [3.63, 3.8) is 0 Å². The molecular formula is C13H24N2O4. The van der Waals surface area contributed by atoms with Gasteiger partial charge in [0.15, 0.2) is 0 Å². The van der Waals surface area contributed by atoms with Crippen LogP contribution in [-0.2, 0) is 9.53 Å². The zero-order valence-corrected chi connectivity index (χ0v) is 11.9. The lowest BCUT2D eigenvalue weighted by Crippen LogP contribution is -2.43. The van der Waals surface area contributed by atoms with Crippen molar-refractivity contribution in [1.82, 2.24) is 10.2 Å². The minimum absolute atomic E-state index is 0.00766. The number of piperidine rings is 1. The third-order valence-electron chi connectivity index (χ3n) is 2.98. The Morgan fingerprint density at radius 1 is 1.32 bits per heavy atom. The maximum Gasteiger partial charge on any atom is 0.410 e. The standard InChI is InChI=1S/C13H24N2O4/c1-13(2,3)19-12(18)15-6-4-10(5-7-15)8-14-9-11(16)17/h10,14H,4-9H2,1-3H3,(H,16,17). The summed E-state index contributed by atoms with van der Waals surface area (Å²) in [5, 5.41) is 11.4. The molecule has 1 aliphatic heterocycles. The minimum Gasteiger partial charge on any atom is -0.480 e. The van der Waals surface area contributed by atoms with Crippen molar-refractivity contribution in [1.29, 1.82) is 0 Å². The first-order chi connectivity index (χ1) is 8.78. The van der Waals surface area contributed by atoms with Gasteiger partial charge in [-0.2, -0.15) is 0 Å². The highest BCUT2D eigenvalue weighted by molar-refractivity contribution is 5.69. The van der Waals surface area contributed by atoms with Gasteiger partial charge in [-0.05, 0) is 46.1 Å². The first kappa shape index (κ1) is 15.8. The lowest BCUT2D eigenvalue weighted by Gasteiger charge is -2.33. The normalized spacial score (nSPS) is 17.3. The van der Waals surface area contributed by atoms with E-state index in [9.17, 15) is 9.59 Å². The second-order valence-corrected chi connectivity index (χ2v) is 5.94. The summed E-state index contributed by atoms with van der Waals surface area (Å²) in [6, 6.07) is 0. The Morgan fingerprint density at radius 3 is 2.37 bits per heavy atom. The van der Waals surface area contributed by atoms with Crippen molar-refractivity contribution < 1.29 is 19.4 Å². The van der Waals surface area contributed by atoms with Crippen molar-refractivity contribution >= 4 is 12.1 Å². The predicted molar refractivity (Wildman–Crippen MR) is 71.0 cm³/mol. The van der Waals surface area contributed by atoms with Gasteiger partial charge in [0.25, 0.3) is 0 Å². The largest absolute Gasteiger partial charge is 0.480 e. The molecule has 6 nitrogen and oxygen atoms in total. The van der Waals surface area contributed by atoms with Crippen LogP contribution >= 0.6 is 0 Å². The van der Waals surface area contributed by atoms with Gasteiger partial charge in [0, 0.05) is 13.1 Å². The topological polar surface area (TPSA) is 78.9 Å². The highest BCUT2D eigenvalue weighted by Crippen LogP contribution is 2.19. The molecule has 0 aliphatic carbocycles. The van der Waals surface area contributed by atoms with Crippen LogP contribution < -0.4 is 5.32 Å². The Bertz CT molecular complexity index is 317. The van der Waals surface area contributed by atoms with E-state index in [-0.39, 0.29) is 12.6 Å². The van der Waals surface area contributed by atoms with E-state index < -0.39 is 11.6 Å². The van der Waals surface area contributed by atoms with E-state index in [0.717, 1.165) is 12.8 Å². The number of carbonyl (C=O) groups excluding carboxylic acids is 1. The number of ether oxygens (including phenoxy) is 1. The summed E-state index contributed by atoms with van der Waals surface area (Å²) < 4.78 is 5.32. The molecule has 110 valence electrons. The Morgan fingerprint density at radius 2 is 1.89 bits per heavy atom. The summed E-state index contributed by atoms with van der Waals surface area (Å²) in [5.74, 6) is -0.413. The second kappa shape index (κ2) is 6.75. The minimum atomic E-state index is -0.841. The monoisotopic (exact) mass is 272 g/mol. The van der Waals surface area contributed by atoms with Crippen LogP contribution in [0.2, 0.25) is 0 Å². The number of carboxylic acids is 1. The molecule has 0 atom stereocenters. The third kappa shape index (κ3) is 6.42. The van der Waals surface area contributed by atoms with Gasteiger partial charge in [-0.1, -0.05) is 0 Å². The molecule has 0 spiro atoms. The molecule has 1 amide bonds. The van der Waals surface area contributed by atoms with Gasteiger partial charge >= 0.3 is 12.1 Å². The van der Waals surface area contributed by atoms with E-state index in [1.54, 1.807) is 4.90 Å². The Labute approximate surface area is 114 Å². The average Bonchev–Trinajstić information content (AvgIpc) is 2.27. The fourth-order valence-corrected chi connectivity index (χ4v) is 2.03. The average molecular weight is 272 g/mol. The maximum atomic E-state index is 11.8. The van der Waals surface area contributed by atoms with Crippen LogP contribution in [0.5, 0.6) is 0 Å². The maximum absolute atomic E-state index is 11.8. The van der Waals surface area contributed by atoms with Gasteiger partial charge in [-0.3, -0.25) is 4.79 Å². The van der Waals surface area contributed by atoms with Crippen molar-refractivity contribution in [3.8, 4) is 0 Å². The van der Waals surface area contributed by atoms with Crippen LogP contribution in [0.1, 0.15) is 33.6 Å². The summed E-state index contributed by atoms with van der Waals surface area (Å²) in [5.41, 5.74) is -0.461. The summed E-state index contributed by atoms with van der Waals surface area (Å²) >= 11 is 0. The number of hydrogen-bond acceptors (Lipinski definition) is 4. The summed E-state index contributed by atoms with van der Waals surface area (Å²) in [7, 11) is 0. The number of nitrogens with one attached hydrogen (secondary N) is 1. The number of carboxylic acid groups (broad SMARTS) is 1. The molecule has 6 heteroatoms. The Balaban J connectivity index is 2.25. The lowest BCUT2D eigenvalue weighted by molar-refractivity contribution is -0.136. The summed E-state index contributed by atoms with van der Waals surface area (Å²) in [4.78, 5) is 23.9. The first-order valence-electron chi connectivity index (χ1n) is 6.68. The molecule has 0 bridgehead atoms. The van der Waals surface area contributed by atoms with Gasteiger partial charge in [-0.25, -0.2) is 4.79 Å². The van der Waals surface area contributed by atoms with E-state index in [1.807, 2.05) is 20.8 Å². The molecule has 0 aromatic heterocycles. The Hall–Kier alpha value is -1.30. The van der Waals surface area contributed by atoms with Crippen molar-refractivity contribution in [2.24, 2.45) is 5.92 Å². The smallest absolute Gasteiger partial charge is 0.410 e. The van der Waals surface area contributed by atoms with Gasteiger partial charge in [0.2, 0.25) is 0 Å². The molecule has 1 aliphatic rings. The molecular weight excluding hydrogens is 248 g/mol. The van der Waals surface area contributed by atoms with E-state index in [2.05, 4.69) is 5.32 Å². The molecule has 0 aromatic carbocycles. The number of amides is 1. The van der Waals surface area contributed by atoms with Crippen molar-refractivity contribution in [2.75, 3.05) is 26.2 Å². The first-order valence-corrected chi connectivity index (χ1v) is 6.68. The predicted octanol–water partition coefficient (Wildman–Crippen LogP) is 1.31. The Kier molecular flexibility index (Phi) is 5.60. The quantitative estimate of drug-likeness (QED) is 0.806. The molecule has 19 heavy (non-hydrogen) atoms. The van der Waals surface area contributed by atoms with Gasteiger partial charge in [0.05, 0.1) is 6.54 Å². The fourth-order valence-electron chi connectivity index (χ4n) is 2.03. The molecule has 0 saturated carbocycles. The number of likely N-dealkylation sites (tertiary alicyclic amines) is 1. The second-order valence-electron chi connectivity index (χ2n) is 5.94. The number of nitrogens with zero attached hydrogens (tertiary/aromatic N) is 1. The van der Waals surface area contributed by atoms with Crippen LogP contribution in [0.15, 0.2) is 0 Å². The SMILES string of the molecule is CC(C)(C)OC(=O)N1CCC(CNCC(=O)O)CC1. The van der Waals surface area contributed by atoms with Crippen LogP contribution in [0.25, 0.3) is 0 Å². The van der Waals surface area contributed by atoms with Crippen LogP contribution in [0, 0.1) is 5.92 Å². The molecule has 1 saturated heterocycles. The molecule has 0 unspecified atom stereocenters. The number of hydrogen-bond donors (Lipinski definition) is 2. The molecule has 1 heterocycles. The van der Waals surface area contributed by atoms with Crippen LogP contribution in [-0.4, -0.2) is 53.8 Å². The van der Waals surface area contributed by atoms with Crippen LogP contribution in [0.4, 0.5) is 4.79 Å². The molecule has 2 N–H and O–H groups in total.